The number of aliphatic hydroxyl groups is 5. The van der Waals surface area contributed by atoms with Crippen LogP contribution >= 0.6 is 11.8 Å². The number of ketones is 1. The van der Waals surface area contributed by atoms with Crippen LogP contribution in [-0.2, 0) is 14.8 Å². The zero-order chi connectivity index (χ0) is 28.0. The molecular weight excluding hydrogens is 547 g/mol. The van der Waals surface area contributed by atoms with E-state index in [1.807, 2.05) is 0 Å². The zero-order valence-electron chi connectivity index (χ0n) is 18.4. The maximum atomic E-state index is 12.4. The van der Waals surface area contributed by atoms with Crippen molar-refractivity contribution in [3.63, 3.8) is 0 Å². The highest BCUT2D eigenvalue weighted by atomic mass is 32.2. The molecule has 2 atom stereocenters. The Morgan fingerprint density at radius 2 is 1.57 bits per heavy atom. The molecular formula is C21H20F3NO10S2. The van der Waals surface area contributed by atoms with Gasteiger partial charge < -0.3 is 30.3 Å². The largest absolute Gasteiger partial charge is 0.573 e. The standard InChI is InChI=1S/C21H20F3NO10S2/c22-21(23,24)35-13-5-7-14(8-6-13)37(33,34)25-12-3-1-11(2-4-12)16(28)10-36-20(32)19(31)18(30)17(29)15(27)9-26/h1-8,15,17,25-27,29-31H,9-10H2/b19-18-. The molecule has 2 aromatic rings. The van der Waals surface area contributed by atoms with Crippen LogP contribution < -0.4 is 9.46 Å². The van der Waals surface area contributed by atoms with E-state index in [1.54, 1.807) is 0 Å². The Labute approximate surface area is 211 Å². The van der Waals surface area contributed by atoms with Crippen LogP contribution in [0.3, 0.4) is 0 Å². The number of ether oxygens (including phenoxy) is 1. The normalized spacial score (nSPS) is 14.3. The number of carbonyl (C=O) groups excluding carboxylic acids is 2. The summed E-state index contributed by atoms with van der Waals surface area (Å²) in [6.07, 6.45) is -8.93. The van der Waals surface area contributed by atoms with E-state index in [0.717, 1.165) is 24.3 Å². The van der Waals surface area contributed by atoms with Gasteiger partial charge in [0.05, 0.1) is 17.3 Å². The van der Waals surface area contributed by atoms with Gasteiger partial charge in [-0.2, -0.15) is 0 Å². The van der Waals surface area contributed by atoms with Gasteiger partial charge in [-0.25, -0.2) is 8.42 Å². The van der Waals surface area contributed by atoms with Crippen molar-refractivity contribution in [1.29, 1.82) is 0 Å². The molecule has 0 aromatic heterocycles. The SMILES string of the molecule is O=C(SCC(=O)c1ccc(NS(=O)(=O)c2ccc(OC(F)(F)F)cc2)cc1)/C(O)=C(/O)C(O)C(O)CO. The molecule has 37 heavy (non-hydrogen) atoms. The molecule has 0 heterocycles. The number of anilines is 1. The predicted octanol–water partition coefficient (Wildman–Crippen LogP) is 1.87. The highest BCUT2D eigenvalue weighted by molar-refractivity contribution is 8.14. The van der Waals surface area contributed by atoms with E-state index in [0.29, 0.717) is 0 Å². The van der Waals surface area contributed by atoms with E-state index in [2.05, 4.69) is 9.46 Å². The fraction of sp³-hybridized carbons (Fsp3) is 0.238. The lowest BCUT2D eigenvalue weighted by atomic mass is 10.1. The molecule has 0 amide bonds. The quantitative estimate of drug-likeness (QED) is 0.132. The first-order valence-corrected chi connectivity index (χ1v) is 12.4. The number of carbonyl (C=O) groups is 2. The molecule has 2 unspecified atom stereocenters. The van der Waals surface area contributed by atoms with Gasteiger partial charge in [-0.3, -0.25) is 14.3 Å². The summed E-state index contributed by atoms with van der Waals surface area (Å²) in [6, 6.07) is 8.33. The van der Waals surface area contributed by atoms with Crippen LogP contribution in [0.15, 0.2) is 64.9 Å². The summed E-state index contributed by atoms with van der Waals surface area (Å²) in [6.45, 7) is -0.965. The fourth-order valence-electron chi connectivity index (χ4n) is 2.57. The smallest absolute Gasteiger partial charge is 0.506 e. The van der Waals surface area contributed by atoms with Crippen molar-refractivity contribution in [3.05, 3.63) is 65.6 Å². The maximum absolute atomic E-state index is 12.4. The number of rotatable bonds is 11. The van der Waals surface area contributed by atoms with E-state index in [4.69, 9.17) is 5.11 Å². The number of Topliss-reactive ketones (excluding diaryl/α,β-unsaturated/α-hetero) is 1. The Morgan fingerprint density at radius 3 is 2.08 bits per heavy atom. The van der Waals surface area contributed by atoms with Crippen molar-refractivity contribution in [2.75, 3.05) is 17.1 Å². The van der Waals surface area contributed by atoms with Crippen molar-refractivity contribution in [2.24, 2.45) is 0 Å². The highest BCUT2D eigenvalue weighted by Gasteiger charge is 2.31. The van der Waals surface area contributed by atoms with E-state index in [-0.39, 0.29) is 27.9 Å². The van der Waals surface area contributed by atoms with Crippen LogP contribution in [0.5, 0.6) is 5.75 Å². The highest BCUT2D eigenvalue weighted by Crippen LogP contribution is 2.25. The van der Waals surface area contributed by atoms with Gasteiger partial charge in [0, 0.05) is 11.3 Å². The van der Waals surface area contributed by atoms with Gasteiger partial charge >= 0.3 is 6.36 Å². The molecule has 0 radical (unpaired) electrons. The number of thioether (sulfide) groups is 1. The van der Waals surface area contributed by atoms with Crippen molar-refractivity contribution in [3.8, 4) is 5.75 Å². The molecule has 2 rings (SSSR count). The zero-order valence-corrected chi connectivity index (χ0v) is 20.0. The van der Waals surface area contributed by atoms with Gasteiger partial charge in [0.1, 0.15) is 18.0 Å². The van der Waals surface area contributed by atoms with Crippen LogP contribution in [-0.4, -0.2) is 75.8 Å². The van der Waals surface area contributed by atoms with Gasteiger partial charge in [0.2, 0.25) is 5.76 Å². The van der Waals surface area contributed by atoms with Crippen molar-refractivity contribution in [2.45, 2.75) is 23.5 Å². The van der Waals surface area contributed by atoms with Crippen LogP contribution in [0.1, 0.15) is 10.4 Å². The molecule has 16 heteroatoms. The molecule has 0 aliphatic rings. The number of aliphatic hydroxyl groups excluding tert-OH is 5. The van der Waals surface area contributed by atoms with Crippen molar-refractivity contribution in [1.82, 2.24) is 0 Å². The number of alkyl halides is 3. The molecule has 2 aromatic carbocycles. The fourth-order valence-corrected chi connectivity index (χ4v) is 4.30. The molecule has 202 valence electrons. The summed E-state index contributed by atoms with van der Waals surface area (Å²) in [5.74, 6) is -4.36. The number of benzene rings is 2. The van der Waals surface area contributed by atoms with Crippen LogP contribution in [0.25, 0.3) is 0 Å². The number of sulfonamides is 1. The minimum absolute atomic E-state index is 0.0119. The first-order valence-electron chi connectivity index (χ1n) is 9.92. The Bertz CT molecular complexity index is 1250. The lowest BCUT2D eigenvalue weighted by molar-refractivity contribution is -0.274. The van der Waals surface area contributed by atoms with Crippen LogP contribution in [0.2, 0.25) is 0 Å². The molecule has 11 nitrogen and oxygen atoms in total. The molecule has 0 fully saturated rings. The van der Waals surface area contributed by atoms with Gasteiger partial charge in [-0.05, 0) is 48.5 Å². The summed E-state index contributed by atoms with van der Waals surface area (Å²) < 4.78 is 67.4. The average molecular weight is 568 g/mol. The van der Waals surface area contributed by atoms with Gasteiger partial charge in [0.25, 0.3) is 15.1 Å². The third-order valence-electron chi connectivity index (χ3n) is 4.43. The minimum atomic E-state index is -4.94. The van der Waals surface area contributed by atoms with Gasteiger partial charge in [-0.15, -0.1) is 13.2 Å². The van der Waals surface area contributed by atoms with E-state index < -0.39 is 69.1 Å². The lowest BCUT2D eigenvalue weighted by Crippen LogP contribution is -2.32. The molecule has 0 aliphatic carbocycles. The summed E-state index contributed by atoms with van der Waals surface area (Å²) in [5.41, 5.74) is 0.0538. The summed E-state index contributed by atoms with van der Waals surface area (Å²) in [7, 11) is -4.19. The van der Waals surface area contributed by atoms with Gasteiger partial charge in [-0.1, -0.05) is 11.8 Å². The van der Waals surface area contributed by atoms with E-state index >= 15 is 0 Å². The molecule has 0 saturated carbocycles. The molecule has 0 aliphatic heterocycles. The Balaban J connectivity index is 2.00. The average Bonchev–Trinajstić information content (AvgIpc) is 2.84. The van der Waals surface area contributed by atoms with Crippen LogP contribution in [0, 0.1) is 0 Å². The van der Waals surface area contributed by atoms with Crippen molar-refractivity contribution < 1.29 is 61.4 Å². The molecule has 0 saturated heterocycles. The lowest BCUT2D eigenvalue weighted by Gasteiger charge is -2.15. The second-order valence-electron chi connectivity index (χ2n) is 7.13. The minimum Gasteiger partial charge on any atom is -0.506 e. The van der Waals surface area contributed by atoms with Crippen LogP contribution in [0.4, 0.5) is 18.9 Å². The first-order chi connectivity index (χ1) is 17.1. The molecule has 0 bridgehead atoms. The topological polar surface area (TPSA) is 191 Å². The second-order valence-corrected chi connectivity index (χ2v) is 9.76. The summed E-state index contributed by atoms with van der Waals surface area (Å²) in [5, 5.41) is 45.5. The maximum Gasteiger partial charge on any atom is 0.573 e. The Hall–Kier alpha value is -3.31. The number of nitrogens with one attached hydrogen (secondary N) is 1. The number of hydrogen-bond acceptors (Lipinski definition) is 11. The summed E-state index contributed by atoms with van der Waals surface area (Å²) in [4.78, 5) is 23.9. The second kappa shape index (κ2) is 12.3. The number of halogens is 3. The molecule has 0 spiro atoms. The summed E-state index contributed by atoms with van der Waals surface area (Å²) >= 11 is 0.265. The Kier molecular flexibility index (Phi) is 9.93. The predicted molar refractivity (Wildman–Crippen MR) is 124 cm³/mol. The third-order valence-corrected chi connectivity index (χ3v) is 6.69. The van der Waals surface area contributed by atoms with Gasteiger partial charge in [0.15, 0.2) is 11.5 Å². The monoisotopic (exact) mass is 567 g/mol. The van der Waals surface area contributed by atoms with E-state index in [9.17, 15) is 51.6 Å². The molecule has 6 N–H and O–H groups in total. The van der Waals surface area contributed by atoms with E-state index in [1.165, 1.54) is 24.3 Å². The Morgan fingerprint density at radius 1 is 1.00 bits per heavy atom. The van der Waals surface area contributed by atoms with Crippen molar-refractivity contribution >= 4 is 38.4 Å². The third kappa shape index (κ3) is 8.64. The number of hydrogen-bond donors (Lipinski definition) is 6. The first kappa shape index (κ1) is 29.9.